The summed E-state index contributed by atoms with van der Waals surface area (Å²) in [5, 5.41) is 4.66. The van der Waals surface area contributed by atoms with Crippen LogP contribution in [0.25, 0.3) is 10.9 Å². The molecule has 3 rings (SSSR count). The molecule has 1 amide bonds. The molecule has 0 atom stereocenters. The first-order chi connectivity index (χ1) is 12.8. The highest BCUT2D eigenvalue weighted by molar-refractivity contribution is 6.31. The predicted octanol–water partition coefficient (Wildman–Crippen LogP) is 5.27. The van der Waals surface area contributed by atoms with Gasteiger partial charge in [0.15, 0.2) is 0 Å². The van der Waals surface area contributed by atoms with Crippen molar-refractivity contribution in [3.05, 3.63) is 64.8 Å². The van der Waals surface area contributed by atoms with Gasteiger partial charge < -0.3 is 14.6 Å². The van der Waals surface area contributed by atoms with Crippen molar-refractivity contribution in [1.82, 2.24) is 9.88 Å². The maximum Gasteiger partial charge on any atom is 0.268 e. The first-order valence-corrected chi connectivity index (χ1v) is 9.49. The van der Waals surface area contributed by atoms with E-state index in [1.165, 1.54) is 0 Å². The zero-order chi connectivity index (χ0) is 19.6. The van der Waals surface area contributed by atoms with Crippen molar-refractivity contribution in [3.63, 3.8) is 0 Å². The van der Waals surface area contributed by atoms with Crippen molar-refractivity contribution in [1.29, 1.82) is 0 Å². The van der Waals surface area contributed by atoms with Gasteiger partial charge in [0.2, 0.25) is 0 Å². The van der Waals surface area contributed by atoms with Gasteiger partial charge in [0.1, 0.15) is 11.4 Å². The number of hydrogen-bond donors (Lipinski definition) is 1. The molecule has 27 heavy (non-hydrogen) atoms. The van der Waals surface area contributed by atoms with E-state index in [0.717, 1.165) is 22.2 Å². The smallest absolute Gasteiger partial charge is 0.268 e. The molecule has 0 saturated heterocycles. The summed E-state index contributed by atoms with van der Waals surface area (Å²) < 4.78 is 7.77. The molecule has 3 aromatic rings. The average molecular weight is 385 g/mol. The number of nitrogens with zero attached hydrogens (tertiary/aromatic N) is 1. The number of hydrogen-bond acceptors (Lipinski definition) is 2. The third kappa shape index (κ3) is 4.28. The third-order valence-electron chi connectivity index (χ3n) is 4.21. The third-order valence-corrected chi connectivity index (χ3v) is 4.58. The van der Waals surface area contributed by atoms with Gasteiger partial charge in [-0.3, -0.25) is 4.79 Å². The molecule has 0 radical (unpaired) electrons. The fourth-order valence-corrected chi connectivity index (χ4v) is 3.29. The van der Waals surface area contributed by atoms with Gasteiger partial charge in [-0.2, -0.15) is 0 Å². The van der Waals surface area contributed by atoms with Crippen LogP contribution in [0.2, 0.25) is 5.02 Å². The van der Waals surface area contributed by atoms with E-state index in [0.29, 0.717) is 23.9 Å². The van der Waals surface area contributed by atoms with Crippen molar-refractivity contribution in [2.75, 3.05) is 6.61 Å². The zero-order valence-electron chi connectivity index (χ0n) is 16.2. The molecule has 0 saturated carbocycles. The van der Waals surface area contributed by atoms with E-state index < -0.39 is 0 Å². The maximum atomic E-state index is 13.0. The summed E-state index contributed by atoms with van der Waals surface area (Å²) in [7, 11) is 0. The summed E-state index contributed by atoms with van der Waals surface area (Å²) in [6.45, 7) is 8.93. The number of amides is 1. The van der Waals surface area contributed by atoms with Gasteiger partial charge in [-0.05, 0) is 57.5 Å². The number of carbonyl (C=O) groups is 1. The highest BCUT2D eigenvalue weighted by Crippen LogP contribution is 2.31. The summed E-state index contributed by atoms with van der Waals surface area (Å²) >= 11 is 6.37. The van der Waals surface area contributed by atoms with E-state index in [2.05, 4.69) is 5.32 Å². The van der Waals surface area contributed by atoms with Gasteiger partial charge in [0, 0.05) is 22.5 Å². The van der Waals surface area contributed by atoms with Crippen LogP contribution >= 0.6 is 11.6 Å². The molecule has 0 aliphatic carbocycles. The van der Waals surface area contributed by atoms with Gasteiger partial charge in [-0.1, -0.05) is 35.9 Å². The lowest BCUT2D eigenvalue weighted by atomic mass is 10.1. The summed E-state index contributed by atoms with van der Waals surface area (Å²) in [6.07, 6.45) is 0. The molecule has 0 unspecified atom stereocenters. The predicted molar refractivity (Wildman–Crippen MR) is 111 cm³/mol. The quantitative estimate of drug-likeness (QED) is 0.651. The largest absolute Gasteiger partial charge is 0.493 e. The standard InChI is InChI=1S/C22H25ClN2O2/c1-5-27-20-12-8-11-18-16(20)13-19(21(26)24-22(2,3)4)25(18)14-15-9-6-7-10-17(15)23/h6-13H,5,14H2,1-4H3,(H,24,26). The van der Waals surface area contributed by atoms with Gasteiger partial charge >= 0.3 is 0 Å². The summed E-state index contributed by atoms with van der Waals surface area (Å²) in [5.41, 5.74) is 2.17. The van der Waals surface area contributed by atoms with Gasteiger partial charge in [0.25, 0.3) is 5.91 Å². The Labute approximate surface area is 165 Å². The number of rotatable bonds is 5. The molecule has 0 spiro atoms. The molecule has 5 heteroatoms. The molecule has 0 fully saturated rings. The van der Waals surface area contributed by atoms with Crippen LogP contribution in [-0.4, -0.2) is 22.6 Å². The normalized spacial score (nSPS) is 11.6. The monoisotopic (exact) mass is 384 g/mol. The van der Waals surface area contributed by atoms with Crippen LogP contribution in [0.5, 0.6) is 5.75 Å². The van der Waals surface area contributed by atoms with Crippen LogP contribution in [0, 0.1) is 0 Å². The average Bonchev–Trinajstić information content (AvgIpc) is 2.96. The number of fused-ring (bicyclic) bond motifs is 1. The molecule has 4 nitrogen and oxygen atoms in total. The van der Waals surface area contributed by atoms with E-state index in [-0.39, 0.29) is 11.4 Å². The van der Waals surface area contributed by atoms with E-state index in [1.807, 2.05) is 80.8 Å². The van der Waals surface area contributed by atoms with Crippen molar-refractivity contribution in [2.24, 2.45) is 0 Å². The molecule has 1 heterocycles. The Morgan fingerprint density at radius 3 is 2.56 bits per heavy atom. The number of carbonyl (C=O) groups excluding carboxylic acids is 1. The molecule has 0 aliphatic heterocycles. The van der Waals surface area contributed by atoms with E-state index >= 15 is 0 Å². The molecular formula is C22H25ClN2O2. The van der Waals surface area contributed by atoms with Gasteiger partial charge in [0.05, 0.1) is 12.1 Å². The Balaban J connectivity index is 2.15. The lowest BCUT2D eigenvalue weighted by Crippen LogP contribution is -2.41. The van der Waals surface area contributed by atoms with E-state index in [4.69, 9.17) is 16.3 Å². The Bertz CT molecular complexity index is 970. The van der Waals surface area contributed by atoms with E-state index in [9.17, 15) is 4.79 Å². The van der Waals surface area contributed by atoms with Crippen LogP contribution in [0.15, 0.2) is 48.5 Å². The van der Waals surface area contributed by atoms with Gasteiger partial charge in [-0.25, -0.2) is 0 Å². The number of benzene rings is 2. The molecule has 1 N–H and O–H groups in total. The van der Waals surface area contributed by atoms with Crippen LogP contribution in [-0.2, 0) is 6.54 Å². The Hall–Kier alpha value is -2.46. The second kappa shape index (κ2) is 7.65. The fraction of sp³-hybridized carbons (Fsp3) is 0.318. The molecule has 0 aliphatic rings. The van der Waals surface area contributed by atoms with Crippen molar-refractivity contribution < 1.29 is 9.53 Å². The summed E-state index contributed by atoms with van der Waals surface area (Å²) in [6, 6.07) is 15.5. The second-order valence-corrected chi connectivity index (χ2v) is 7.94. The Kier molecular flexibility index (Phi) is 5.47. The topological polar surface area (TPSA) is 43.3 Å². The van der Waals surface area contributed by atoms with Crippen molar-refractivity contribution in [2.45, 2.75) is 39.8 Å². The first kappa shape index (κ1) is 19.3. The van der Waals surface area contributed by atoms with Crippen molar-refractivity contribution >= 4 is 28.4 Å². The molecule has 2 aromatic carbocycles. The Morgan fingerprint density at radius 1 is 1.15 bits per heavy atom. The highest BCUT2D eigenvalue weighted by atomic mass is 35.5. The van der Waals surface area contributed by atoms with Crippen LogP contribution in [0.4, 0.5) is 0 Å². The molecule has 1 aromatic heterocycles. The molecule has 142 valence electrons. The number of halogens is 1. The first-order valence-electron chi connectivity index (χ1n) is 9.11. The minimum atomic E-state index is -0.328. The van der Waals surface area contributed by atoms with E-state index in [1.54, 1.807) is 0 Å². The SMILES string of the molecule is CCOc1cccc2c1cc(C(=O)NC(C)(C)C)n2Cc1ccccc1Cl. The summed E-state index contributed by atoms with van der Waals surface area (Å²) in [5.74, 6) is 0.658. The number of ether oxygens (including phenoxy) is 1. The van der Waals surface area contributed by atoms with Crippen molar-refractivity contribution in [3.8, 4) is 5.75 Å². The summed E-state index contributed by atoms with van der Waals surface area (Å²) in [4.78, 5) is 13.0. The Morgan fingerprint density at radius 2 is 1.89 bits per heavy atom. The van der Waals surface area contributed by atoms with Gasteiger partial charge in [-0.15, -0.1) is 0 Å². The fourth-order valence-electron chi connectivity index (χ4n) is 3.10. The lowest BCUT2D eigenvalue weighted by molar-refractivity contribution is 0.0911. The van der Waals surface area contributed by atoms with Crippen LogP contribution in [0.1, 0.15) is 43.7 Å². The highest BCUT2D eigenvalue weighted by Gasteiger charge is 2.22. The lowest BCUT2D eigenvalue weighted by Gasteiger charge is -2.21. The molecular weight excluding hydrogens is 360 g/mol. The second-order valence-electron chi connectivity index (χ2n) is 7.53. The minimum absolute atomic E-state index is 0.117. The number of nitrogens with one attached hydrogen (secondary N) is 1. The minimum Gasteiger partial charge on any atom is -0.493 e. The number of aromatic nitrogens is 1. The zero-order valence-corrected chi connectivity index (χ0v) is 16.9. The maximum absolute atomic E-state index is 13.0. The van der Waals surface area contributed by atoms with Crippen LogP contribution in [0.3, 0.4) is 0 Å². The van der Waals surface area contributed by atoms with Crippen LogP contribution < -0.4 is 10.1 Å². The molecule has 0 bridgehead atoms.